The molecule has 6 nitrogen and oxygen atoms in total. The third kappa shape index (κ3) is 5.99. The number of carbonyl (C=O) groups is 1. The molecule has 29 heavy (non-hydrogen) atoms. The SMILES string of the molecule is O=C(CN1CCN(S(=O)(=O)c2ccc(F)cc2)CC1)NCCc1ccc(Cl)cc1. The predicted molar refractivity (Wildman–Crippen MR) is 110 cm³/mol. The zero-order valence-electron chi connectivity index (χ0n) is 15.9. The van der Waals surface area contributed by atoms with Crippen molar-refractivity contribution in [3.63, 3.8) is 0 Å². The molecule has 9 heteroatoms. The third-order valence-electron chi connectivity index (χ3n) is 4.80. The average Bonchev–Trinajstić information content (AvgIpc) is 2.70. The van der Waals surface area contributed by atoms with Gasteiger partial charge < -0.3 is 5.32 Å². The van der Waals surface area contributed by atoms with Crippen LogP contribution in [0.15, 0.2) is 53.4 Å². The van der Waals surface area contributed by atoms with Crippen LogP contribution in [0.25, 0.3) is 0 Å². The third-order valence-corrected chi connectivity index (χ3v) is 6.96. The van der Waals surface area contributed by atoms with Gasteiger partial charge in [-0.2, -0.15) is 4.31 Å². The number of piperazine rings is 1. The summed E-state index contributed by atoms with van der Waals surface area (Å²) in [5, 5.41) is 3.56. The minimum absolute atomic E-state index is 0.0762. The molecule has 1 aliphatic rings. The molecule has 0 unspecified atom stereocenters. The maximum atomic E-state index is 13.0. The number of amides is 1. The number of nitrogens with one attached hydrogen (secondary N) is 1. The van der Waals surface area contributed by atoms with Crippen molar-refractivity contribution in [3.8, 4) is 0 Å². The molecule has 0 aromatic heterocycles. The first-order valence-electron chi connectivity index (χ1n) is 9.34. The number of sulfonamides is 1. The lowest BCUT2D eigenvalue weighted by atomic mass is 10.1. The summed E-state index contributed by atoms with van der Waals surface area (Å²) in [7, 11) is -3.65. The fraction of sp³-hybridized carbons (Fsp3) is 0.350. The molecule has 0 aliphatic carbocycles. The summed E-state index contributed by atoms with van der Waals surface area (Å²) in [5.41, 5.74) is 1.09. The van der Waals surface area contributed by atoms with E-state index in [4.69, 9.17) is 11.6 Å². The van der Waals surface area contributed by atoms with Crippen molar-refractivity contribution in [2.24, 2.45) is 0 Å². The summed E-state index contributed by atoms with van der Waals surface area (Å²) in [6.07, 6.45) is 0.715. The molecule has 3 rings (SSSR count). The first-order chi connectivity index (χ1) is 13.8. The Bertz CT molecular complexity index is 928. The van der Waals surface area contributed by atoms with Crippen molar-refractivity contribution in [1.29, 1.82) is 0 Å². The number of benzene rings is 2. The first-order valence-corrected chi connectivity index (χ1v) is 11.2. The Morgan fingerprint density at radius 2 is 1.62 bits per heavy atom. The van der Waals surface area contributed by atoms with Crippen molar-refractivity contribution >= 4 is 27.5 Å². The lowest BCUT2D eigenvalue weighted by Gasteiger charge is -2.33. The standard InChI is InChI=1S/C20H23ClFN3O3S/c21-17-3-1-16(2-4-17)9-10-23-20(26)15-24-11-13-25(14-12-24)29(27,28)19-7-5-18(22)6-8-19/h1-8H,9-15H2,(H,23,26). The van der Waals surface area contributed by atoms with Gasteiger partial charge in [0.05, 0.1) is 11.4 Å². The molecule has 2 aromatic rings. The van der Waals surface area contributed by atoms with Crippen molar-refractivity contribution in [2.75, 3.05) is 39.3 Å². The molecule has 1 saturated heterocycles. The number of halogens is 2. The van der Waals surface area contributed by atoms with Crippen LogP contribution in [0.1, 0.15) is 5.56 Å². The Labute approximate surface area is 175 Å². The van der Waals surface area contributed by atoms with E-state index in [2.05, 4.69) is 5.32 Å². The van der Waals surface area contributed by atoms with Gasteiger partial charge in [-0.3, -0.25) is 9.69 Å². The van der Waals surface area contributed by atoms with Crippen molar-refractivity contribution in [3.05, 3.63) is 64.9 Å². The summed E-state index contributed by atoms with van der Waals surface area (Å²) < 4.78 is 39.6. The van der Waals surface area contributed by atoms with E-state index in [0.717, 1.165) is 17.7 Å². The number of nitrogens with zero attached hydrogens (tertiary/aromatic N) is 2. The number of hydrogen-bond donors (Lipinski definition) is 1. The van der Waals surface area contributed by atoms with E-state index in [1.165, 1.54) is 16.4 Å². The minimum Gasteiger partial charge on any atom is -0.355 e. The van der Waals surface area contributed by atoms with Crippen molar-refractivity contribution in [1.82, 2.24) is 14.5 Å². The second-order valence-electron chi connectivity index (χ2n) is 6.86. The van der Waals surface area contributed by atoms with E-state index >= 15 is 0 Å². The van der Waals surface area contributed by atoms with E-state index in [1.54, 1.807) is 0 Å². The molecule has 1 N–H and O–H groups in total. The van der Waals surface area contributed by atoms with Gasteiger partial charge in [-0.1, -0.05) is 23.7 Å². The Balaban J connectivity index is 1.42. The van der Waals surface area contributed by atoms with Crippen LogP contribution >= 0.6 is 11.6 Å². The van der Waals surface area contributed by atoms with E-state index < -0.39 is 15.8 Å². The van der Waals surface area contributed by atoms with Crippen LogP contribution in [0.5, 0.6) is 0 Å². The van der Waals surface area contributed by atoms with Gasteiger partial charge in [0.1, 0.15) is 5.82 Å². The lowest BCUT2D eigenvalue weighted by molar-refractivity contribution is -0.122. The van der Waals surface area contributed by atoms with Crippen LogP contribution in [-0.4, -0.2) is 62.8 Å². The Kier molecular flexibility index (Phi) is 7.23. The summed E-state index contributed by atoms with van der Waals surface area (Å²) >= 11 is 5.85. The van der Waals surface area contributed by atoms with Gasteiger partial charge in [0.25, 0.3) is 0 Å². The summed E-state index contributed by atoms with van der Waals surface area (Å²) in [4.78, 5) is 14.1. The molecule has 2 aromatic carbocycles. The Hall–Kier alpha value is -2.00. The highest BCUT2D eigenvalue weighted by molar-refractivity contribution is 7.89. The van der Waals surface area contributed by atoms with E-state index in [1.807, 2.05) is 29.2 Å². The van der Waals surface area contributed by atoms with E-state index in [-0.39, 0.29) is 30.4 Å². The molecule has 156 valence electrons. The maximum absolute atomic E-state index is 13.0. The van der Waals surface area contributed by atoms with Gasteiger partial charge >= 0.3 is 0 Å². The van der Waals surface area contributed by atoms with Gasteiger partial charge in [0.15, 0.2) is 0 Å². The molecule has 0 spiro atoms. The van der Waals surface area contributed by atoms with Crippen LogP contribution in [0.4, 0.5) is 4.39 Å². The second kappa shape index (κ2) is 9.67. The summed E-state index contributed by atoms with van der Waals surface area (Å²) in [6.45, 7) is 2.26. The number of carbonyl (C=O) groups excluding carboxylic acids is 1. The van der Waals surface area contributed by atoms with Gasteiger partial charge in [-0.25, -0.2) is 12.8 Å². The quantitative estimate of drug-likeness (QED) is 0.717. The van der Waals surface area contributed by atoms with Crippen molar-refractivity contribution in [2.45, 2.75) is 11.3 Å². The Morgan fingerprint density at radius 3 is 2.24 bits per heavy atom. The monoisotopic (exact) mass is 439 g/mol. The highest BCUT2D eigenvalue weighted by Gasteiger charge is 2.29. The molecule has 1 aliphatic heterocycles. The molecular weight excluding hydrogens is 417 g/mol. The smallest absolute Gasteiger partial charge is 0.243 e. The lowest BCUT2D eigenvalue weighted by Crippen LogP contribution is -2.51. The largest absolute Gasteiger partial charge is 0.355 e. The topological polar surface area (TPSA) is 69.7 Å². The van der Waals surface area contributed by atoms with Crippen LogP contribution < -0.4 is 5.32 Å². The van der Waals surface area contributed by atoms with Gasteiger partial charge in [0.2, 0.25) is 15.9 Å². The van der Waals surface area contributed by atoms with Crippen LogP contribution in [0, 0.1) is 5.82 Å². The fourth-order valence-corrected chi connectivity index (χ4v) is 4.69. The normalized spacial score (nSPS) is 15.9. The van der Waals surface area contributed by atoms with Crippen LogP contribution in [-0.2, 0) is 21.2 Å². The molecule has 0 saturated carbocycles. The van der Waals surface area contributed by atoms with Crippen LogP contribution in [0.3, 0.4) is 0 Å². The molecule has 1 amide bonds. The van der Waals surface area contributed by atoms with E-state index in [9.17, 15) is 17.6 Å². The number of rotatable bonds is 7. The molecule has 1 heterocycles. The molecule has 1 fully saturated rings. The first kappa shape index (κ1) is 21.7. The van der Waals surface area contributed by atoms with Gasteiger partial charge in [-0.15, -0.1) is 0 Å². The second-order valence-corrected chi connectivity index (χ2v) is 9.23. The fourth-order valence-electron chi connectivity index (χ4n) is 3.14. The molecule has 0 atom stereocenters. The molecule has 0 radical (unpaired) electrons. The highest BCUT2D eigenvalue weighted by Crippen LogP contribution is 2.18. The van der Waals surface area contributed by atoms with Gasteiger partial charge in [0, 0.05) is 37.7 Å². The minimum atomic E-state index is -3.65. The van der Waals surface area contributed by atoms with E-state index in [0.29, 0.717) is 31.1 Å². The molecule has 0 bridgehead atoms. The number of hydrogen-bond acceptors (Lipinski definition) is 4. The average molecular weight is 440 g/mol. The summed E-state index contributed by atoms with van der Waals surface area (Å²) in [5.74, 6) is -0.565. The highest BCUT2D eigenvalue weighted by atomic mass is 35.5. The van der Waals surface area contributed by atoms with Gasteiger partial charge in [-0.05, 0) is 48.4 Å². The Morgan fingerprint density at radius 1 is 1.00 bits per heavy atom. The molecular formula is C20H23ClFN3O3S. The summed E-state index contributed by atoms with van der Waals surface area (Å²) in [6, 6.07) is 12.3. The van der Waals surface area contributed by atoms with Crippen LogP contribution in [0.2, 0.25) is 5.02 Å². The predicted octanol–water partition coefficient (Wildman–Crippen LogP) is 2.14. The van der Waals surface area contributed by atoms with Crippen molar-refractivity contribution < 1.29 is 17.6 Å². The zero-order chi connectivity index (χ0) is 20.9. The zero-order valence-corrected chi connectivity index (χ0v) is 17.4. The maximum Gasteiger partial charge on any atom is 0.243 e.